The summed E-state index contributed by atoms with van der Waals surface area (Å²) in [5.74, 6) is 0.170. The largest absolute Gasteiger partial charge is 0.392 e. The molecule has 14 nitrogen and oxygen atoms in total. The predicted molar refractivity (Wildman–Crippen MR) is 223 cm³/mol. The summed E-state index contributed by atoms with van der Waals surface area (Å²) < 4.78 is 28.9. The summed E-state index contributed by atoms with van der Waals surface area (Å²) >= 11 is 12.1. The minimum absolute atomic E-state index is 0.0439. The number of aliphatic hydroxyl groups is 2. The second kappa shape index (κ2) is 18.1. The fraction of sp³-hybridized carbons (Fsp3) is 0.450. The van der Waals surface area contributed by atoms with E-state index in [1.165, 1.54) is 12.4 Å². The zero-order chi connectivity index (χ0) is 41.0. The van der Waals surface area contributed by atoms with Gasteiger partial charge in [0.05, 0.1) is 34.1 Å². The number of likely N-dealkylation sites (tertiary alicyclic amines) is 2. The van der Waals surface area contributed by atoms with Gasteiger partial charge in [0.2, 0.25) is 0 Å². The number of nitrogens with one attached hydrogen (secondary N) is 4. The van der Waals surface area contributed by atoms with E-state index in [0.29, 0.717) is 51.6 Å². The van der Waals surface area contributed by atoms with Crippen molar-refractivity contribution >= 4 is 56.9 Å². The van der Waals surface area contributed by atoms with Crippen LogP contribution in [0.15, 0.2) is 49.3 Å². The summed E-state index contributed by atoms with van der Waals surface area (Å²) in [5.41, 5.74) is 2.00. The molecule has 2 aliphatic rings. The third-order valence-electron chi connectivity index (χ3n) is 10.2. The summed E-state index contributed by atoms with van der Waals surface area (Å²) in [4.78, 5) is 36.2. The van der Waals surface area contributed by atoms with Crippen molar-refractivity contribution in [1.29, 1.82) is 0 Å². The van der Waals surface area contributed by atoms with E-state index in [9.17, 15) is 19.0 Å². The van der Waals surface area contributed by atoms with E-state index < -0.39 is 17.2 Å². The fourth-order valence-electron chi connectivity index (χ4n) is 7.54. The minimum atomic E-state index is -0.764. The molecule has 8 rings (SSSR count). The molecule has 0 aliphatic carbocycles. The zero-order valence-electron chi connectivity index (χ0n) is 32.6. The fourth-order valence-corrected chi connectivity index (χ4v) is 7.86. The van der Waals surface area contributed by atoms with E-state index in [-0.39, 0.29) is 29.8 Å². The number of nitrogens with zero attached hydrogens (tertiary/aromatic N) is 8. The smallest absolute Gasteiger partial charge is 0.183 e. The average molecular weight is 838 g/mol. The van der Waals surface area contributed by atoms with Gasteiger partial charge in [-0.05, 0) is 71.2 Å². The van der Waals surface area contributed by atoms with Crippen LogP contribution in [0.2, 0.25) is 10.0 Å². The number of H-pyrrole nitrogens is 2. The molecule has 3 atom stereocenters. The maximum Gasteiger partial charge on any atom is 0.183 e. The van der Waals surface area contributed by atoms with E-state index in [1.807, 2.05) is 6.92 Å². The van der Waals surface area contributed by atoms with Crippen molar-refractivity contribution in [1.82, 2.24) is 49.7 Å². The Morgan fingerprint density at radius 2 is 1.28 bits per heavy atom. The van der Waals surface area contributed by atoms with Gasteiger partial charge in [-0.1, -0.05) is 30.1 Å². The normalized spacial score (nSPS) is 18.6. The number of pyridine rings is 2. The Morgan fingerprint density at radius 3 is 1.76 bits per heavy atom. The Bertz CT molecular complexity index is 2340. The van der Waals surface area contributed by atoms with E-state index in [0.717, 1.165) is 74.6 Å². The Kier molecular flexibility index (Phi) is 13.0. The highest BCUT2D eigenvalue weighted by atomic mass is 35.5. The number of aliphatic hydroxyl groups excluding tert-OH is 1. The molecule has 2 saturated heterocycles. The van der Waals surface area contributed by atoms with Crippen molar-refractivity contribution < 1.29 is 19.0 Å². The van der Waals surface area contributed by atoms with Crippen LogP contribution >= 0.6 is 23.2 Å². The van der Waals surface area contributed by atoms with Gasteiger partial charge in [-0.2, -0.15) is 0 Å². The van der Waals surface area contributed by atoms with E-state index in [4.69, 9.17) is 23.2 Å². The molecule has 308 valence electrons. The predicted octanol–water partition coefficient (Wildman–Crippen LogP) is 6.92. The molecule has 0 aromatic carbocycles. The van der Waals surface area contributed by atoms with E-state index in [1.54, 1.807) is 50.8 Å². The second-order valence-electron chi connectivity index (χ2n) is 15.6. The lowest BCUT2D eigenvalue weighted by Gasteiger charge is -2.36. The van der Waals surface area contributed by atoms with Crippen molar-refractivity contribution in [3.63, 3.8) is 0 Å². The molecule has 2 unspecified atom stereocenters. The quantitative estimate of drug-likeness (QED) is 0.0795. The van der Waals surface area contributed by atoms with Crippen molar-refractivity contribution in [3.05, 3.63) is 71.0 Å². The Morgan fingerprint density at radius 1 is 0.793 bits per heavy atom. The molecule has 8 heterocycles. The number of aromatic nitrogens is 8. The van der Waals surface area contributed by atoms with Gasteiger partial charge in [-0.3, -0.25) is 9.80 Å². The third-order valence-corrected chi connectivity index (χ3v) is 10.6. The number of rotatable bonds is 11. The molecule has 2 fully saturated rings. The molecule has 18 heteroatoms. The number of piperidine rings is 2. The molecule has 6 aromatic rings. The monoisotopic (exact) mass is 836 g/mol. The van der Waals surface area contributed by atoms with Gasteiger partial charge in [0, 0.05) is 84.9 Å². The molecular formula is C40H48Cl2F2N12O2. The summed E-state index contributed by atoms with van der Waals surface area (Å²) in [6, 6.07) is 3.67. The van der Waals surface area contributed by atoms with E-state index >= 15 is 0 Å². The van der Waals surface area contributed by atoms with Crippen molar-refractivity contribution in [3.8, 4) is 22.8 Å². The Labute approximate surface area is 344 Å². The van der Waals surface area contributed by atoms with Gasteiger partial charge in [0.15, 0.2) is 34.9 Å². The molecule has 0 amide bonds. The number of hydrogen-bond donors (Lipinski definition) is 6. The lowest BCUT2D eigenvalue weighted by Crippen LogP contribution is -2.47. The first kappa shape index (κ1) is 41.6. The van der Waals surface area contributed by atoms with Crippen LogP contribution in [0, 0.1) is 11.6 Å². The van der Waals surface area contributed by atoms with Gasteiger partial charge >= 0.3 is 0 Å². The maximum atomic E-state index is 14.4. The zero-order valence-corrected chi connectivity index (χ0v) is 34.1. The van der Waals surface area contributed by atoms with Crippen LogP contribution in [0.5, 0.6) is 0 Å². The summed E-state index contributed by atoms with van der Waals surface area (Å²) in [5, 5.41) is 29.0. The lowest BCUT2D eigenvalue weighted by atomic mass is 10.0. The first-order valence-corrected chi connectivity index (χ1v) is 20.3. The van der Waals surface area contributed by atoms with Gasteiger partial charge in [-0.25, -0.2) is 38.7 Å². The Hall–Kier alpha value is -4.58. The van der Waals surface area contributed by atoms with Crippen molar-refractivity contribution in [2.75, 3.05) is 49.9 Å². The van der Waals surface area contributed by atoms with Crippen LogP contribution < -0.4 is 10.6 Å². The van der Waals surface area contributed by atoms with Gasteiger partial charge < -0.3 is 30.8 Å². The van der Waals surface area contributed by atoms with Gasteiger partial charge in [0.25, 0.3) is 0 Å². The number of halogens is 4. The number of fused-ring (bicyclic) bond motifs is 2. The van der Waals surface area contributed by atoms with E-state index in [2.05, 4.69) is 60.3 Å². The summed E-state index contributed by atoms with van der Waals surface area (Å²) in [6.07, 6.45) is 13.2. The van der Waals surface area contributed by atoms with Gasteiger partial charge in [-0.15, -0.1) is 0 Å². The summed E-state index contributed by atoms with van der Waals surface area (Å²) in [6.45, 7) is 10.1. The number of hydrogen-bond acceptors (Lipinski definition) is 12. The topological polar surface area (TPSA) is 180 Å². The highest BCUT2D eigenvalue weighted by Gasteiger charge is 2.27. The van der Waals surface area contributed by atoms with Crippen LogP contribution in [0.25, 0.3) is 44.8 Å². The number of anilines is 2. The number of aromatic amines is 2. The molecule has 2 aliphatic heterocycles. The van der Waals surface area contributed by atoms with Crippen molar-refractivity contribution in [2.45, 2.75) is 76.7 Å². The van der Waals surface area contributed by atoms with Crippen LogP contribution in [0.3, 0.4) is 0 Å². The molecule has 0 saturated carbocycles. The van der Waals surface area contributed by atoms with Crippen LogP contribution in [0.4, 0.5) is 20.4 Å². The molecule has 0 spiro atoms. The van der Waals surface area contributed by atoms with Crippen molar-refractivity contribution in [2.24, 2.45) is 0 Å². The number of β-amino-alcohol motifs (C(OH)–C–C–N with tert-alkyl or cyclic N) is 2. The average Bonchev–Trinajstić information content (AvgIpc) is 3.80. The molecule has 6 aromatic heterocycles. The minimum Gasteiger partial charge on any atom is -0.392 e. The first-order valence-electron chi connectivity index (χ1n) is 19.5. The molecule has 6 N–H and O–H groups in total. The Balaban J connectivity index is 0.000000177. The first-order chi connectivity index (χ1) is 27.8. The van der Waals surface area contributed by atoms with Crippen LogP contribution in [-0.4, -0.2) is 123 Å². The maximum absolute atomic E-state index is 14.4. The van der Waals surface area contributed by atoms with Crippen LogP contribution in [0.1, 0.15) is 52.9 Å². The highest BCUT2D eigenvalue weighted by molar-refractivity contribution is 6.31. The highest BCUT2D eigenvalue weighted by Crippen LogP contribution is 2.30. The molecule has 58 heavy (non-hydrogen) atoms. The molecule has 0 bridgehead atoms. The lowest BCUT2D eigenvalue weighted by molar-refractivity contribution is 0.0286. The summed E-state index contributed by atoms with van der Waals surface area (Å²) in [7, 11) is 0. The van der Waals surface area contributed by atoms with Crippen LogP contribution in [-0.2, 0) is 0 Å². The standard InChI is InChI=1S/2C20H24ClFN6O/c1-20(2,29)11-28-5-3-4-13(10-28)26-19-16(22)9-25-18(27-19)15-8-24-17-14(15)6-12(21)7-23-17;1-2-14(29)11-28-5-3-4-13(10-28)26-20-17(22)9-25-19(27-20)16-8-24-18-15(16)6-12(21)7-23-18/h6-9,13,29H,3-5,10-11H2,1-2H3,(H,23,24)(H,25,26,27);6-9,13-14,29H,2-5,10-11H2,1H3,(H,23,24)(H,25,26,27)/t;13?,14-/m.0/s1. The second-order valence-corrected chi connectivity index (χ2v) is 16.5. The SMILES string of the molecule is CC(C)(O)CN1CCCC(Nc2nc(-c3c[nH]c4ncc(Cl)cc34)ncc2F)C1.CC[C@H](O)CN1CCCC(Nc2nc(-c3c[nH]c4ncc(Cl)cc34)ncc2F)C1. The molecule has 0 radical (unpaired) electrons. The van der Waals surface area contributed by atoms with Gasteiger partial charge in [0.1, 0.15) is 11.3 Å². The molecular weight excluding hydrogens is 789 g/mol. The third kappa shape index (κ3) is 10.3.